The molecule has 2 heterocycles. The Balaban J connectivity index is 0.00000208. The molecule has 24 heavy (non-hydrogen) atoms. The van der Waals surface area contributed by atoms with Gasteiger partial charge in [-0.05, 0) is 37.8 Å². The number of carbonyl (C=O) groups excluding carboxylic acids is 2. The van der Waals surface area contributed by atoms with Crippen LogP contribution in [0.15, 0.2) is 0 Å². The molecule has 1 aromatic rings. The number of fused-ring (bicyclic) bond motifs is 1. The van der Waals surface area contributed by atoms with Gasteiger partial charge in [-0.2, -0.15) is 0 Å². The summed E-state index contributed by atoms with van der Waals surface area (Å²) in [4.78, 5) is 27.9. The quantitative estimate of drug-likeness (QED) is 0.834. The number of thiophene rings is 1. The summed E-state index contributed by atoms with van der Waals surface area (Å²) in [5.74, 6) is -0.284. The number of hydrogen-bond donors (Lipinski definition) is 2. The van der Waals surface area contributed by atoms with E-state index in [0.29, 0.717) is 10.6 Å². The van der Waals surface area contributed by atoms with Crippen LogP contribution in [0.1, 0.15) is 59.8 Å². The van der Waals surface area contributed by atoms with Crippen LogP contribution in [0.25, 0.3) is 0 Å². The Bertz CT molecular complexity index is 611. The second-order valence-electron chi connectivity index (χ2n) is 6.57. The largest absolute Gasteiger partial charge is 0.365 e. The molecule has 2 aliphatic rings. The minimum Gasteiger partial charge on any atom is -0.365 e. The molecule has 0 atom stereocenters. The lowest BCUT2D eigenvalue weighted by Gasteiger charge is -2.26. The van der Waals surface area contributed by atoms with Crippen LogP contribution < -0.4 is 11.1 Å². The predicted octanol–water partition coefficient (Wildman–Crippen LogP) is 3.17. The van der Waals surface area contributed by atoms with Crippen LogP contribution in [0.2, 0.25) is 0 Å². The molecule has 1 aliphatic carbocycles. The Hall–Kier alpha value is -1.11. The number of nitrogens with two attached hydrogens (primary N) is 1. The molecular weight excluding hydrogens is 346 g/mol. The van der Waals surface area contributed by atoms with E-state index in [0.717, 1.165) is 63.7 Å². The SMILES string of the molecule is CCCN1CCc2c(sc(NC(=O)C3CCCC3)c2C(N)=O)C1.Cl. The van der Waals surface area contributed by atoms with Gasteiger partial charge < -0.3 is 11.1 Å². The van der Waals surface area contributed by atoms with Crippen molar-refractivity contribution in [1.29, 1.82) is 0 Å². The summed E-state index contributed by atoms with van der Waals surface area (Å²) < 4.78 is 0. The molecule has 1 aromatic heterocycles. The highest BCUT2D eigenvalue weighted by Gasteiger charge is 2.29. The Morgan fingerprint density at radius 3 is 2.67 bits per heavy atom. The fourth-order valence-corrected chi connectivity index (χ4v) is 5.01. The van der Waals surface area contributed by atoms with Gasteiger partial charge in [-0.1, -0.05) is 19.8 Å². The second kappa shape index (κ2) is 8.32. The highest BCUT2D eigenvalue weighted by atomic mass is 35.5. The molecule has 0 spiro atoms. The third-order valence-electron chi connectivity index (χ3n) is 4.88. The van der Waals surface area contributed by atoms with Crippen molar-refractivity contribution in [2.75, 3.05) is 18.4 Å². The summed E-state index contributed by atoms with van der Waals surface area (Å²) in [5.41, 5.74) is 7.21. The number of anilines is 1. The Kier molecular flexibility index (Phi) is 6.66. The van der Waals surface area contributed by atoms with Crippen LogP contribution >= 0.6 is 23.7 Å². The van der Waals surface area contributed by atoms with E-state index >= 15 is 0 Å². The molecule has 3 N–H and O–H groups in total. The zero-order chi connectivity index (χ0) is 16.4. The van der Waals surface area contributed by atoms with Gasteiger partial charge in [0.25, 0.3) is 5.91 Å². The van der Waals surface area contributed by atoms with Gasteiger partial charge in [-0.3, -0.25) is 14.5 Å². The molecule has 134 valence electrons. The van der Waals surface area contributed by atoms with Crippen molar-refractivity contribution in [2.45, 2.75) is 52.0 Å². The zero-order valence-electron chi connectivity index (χ0n) is 14.1. The summed E-state index contributed by atoms with van der Waals surface area (Å²) in [7, 11) is 0. The van der Waals surface area contributed by atoms with Gasteiger partial charge in [-0.15, -0.1) is 23.7 Å². The van der Waals surface area contributed by atoms with Crippen molar-refractivity contribution in [2.24, 2.45) is 11.7 Å². The number of nitrogens with zero attached hydrogens (tertiary/aromatic N) is 1. The van der Waals surface area contributed by atoms with Gasteiger partial charge in [0.15, 0.2) is 0 Å². The fourth-order valence-electron chi connectivity index (χ4n) is 3.71. The lowest BCUT2D eigenvalue weighted by Crippen LogP contribution is -2.31. The molecule has 2 amide bonds. The maximum Gasteiger partial charge on any atom is 0.251 e. The van der Waals surface area contributed by atoms with Gasteiger partial charge in [-0.25, -0.2) is 0 Å². The van der Waals surface area contributed by atoms with Crippen LogP contribution in [0.5, 0.6) is 0 Å². The zero-order valence-corrected chi connectivity index (χ0v) is 15.7. The summed E-state index contributed by atoms with van der Waals surface area (Å²) in [6.07, 6.45) is 6.10. The number of carbonyl (C=O) groups is 2. The number of hydrogen-bond acceptors (Lipinski definition) is 4. The van der Waals surface area contributed by atoms with Crippen LogP contribution in [-0.4, -0.2) is 29.8 Å². The van der Waals surface area contributed by atoms with Crippen molar-refractivity contribution >= 4 is 40.6 Å². The molecule has 1 aliphatic heterocycles. The smallest absolute Gasteiger partial charge is 0.251 e. The first-order valence-corrected chi connectivity index (χ1v) is 9.39. The minimum absolute atomic E-state index is 0. The number of amides is 2. The predicted molar refractivity (Wildman–Crippen MR) is 99.9 cm³/mol. The highest BCUT2D eigenvalue weighted by molar-refractivity contribution is 7.17. The summed E-state index contributed by atoms with van der Waals surface area (Å²) in [6, 6.07) is 0. The van der Waals surface area contributed by atoms with Crippen molar-refractivity contribution in [3.8, 4) is 0 Å². The van der Waals surface area contributed by atoms with Crippen LogP contribution in [0.4, 0.5) is 5.00 Å². The van der Waals surface area contributed by atoms with E-state index in [1.54, 1.807) is 0 Å². The van der Waals surface area contributed by atoms with E-state index in [2.05, 4.69) is 17.1 Å². The van der Waals surface area contributed by atoms with Crippen LogP contribution in [0, 0.1) is 5.92 Å². The van der Waals surface area contributed by atoms with Gasteiger partial charge in [0.05, 0.1) is 5.56 Å². The lowest BCUT2D eigenvalue weighted by molar-refractivity contribution is -0.119. The first-order valence-electron chi connectivity index (χ1n) is 8.57. The van der Waals surface area contributed by atoms with Gasteiger partial charge >= 0.3 is 0 Å². The average Bonchev–Trinajstić information content (AvgIpc) is 3.14. The molecule has 7 heteroatoms. The highest BCUT2D eigenvalue weighted by Crippen LogP contribution is 2.37. The third-order valence-corrected chi connectivity index (χ3v) is 6.02. The molecule has 1 saturated carbocycles. The molecule has 3 rings (SSSR count). The van der Waals surface area contributed by atoms with Crippen molar-refractivity contribution < 1.29 is 9.59 Å². The molecule has 0 aromatic carbocycles. The van der Waals surface area contributed by atoms with Crippen LogP contribution in [-0.2, 0) is 17.8 Å². The molecule has 0 radical (unpaired) electrons. The lowest BCUT2D eigenvalue weighted by atomic mass is 10.0. The monoisotopic (exact) mass is 371 g/mol. The van der Waals surface area contributed by atoms with E-state index in [9.17, 15) is 9.59 Å². The summed E-state index contributed by atoms with van der Waals surface area (Å²) in [6.45, 7) is 5.04. The maximum absolute atomic E-state index is 12.4. The Morgan fingerprint density at radius 2 is 2.04 bits per heavy atom. The van der Waals surface area contributed by atoms with Gasteiger partial charge in [0.1, 0.15) is 5.00 Å². The van der Waals surface area contributed by atoms with Gasteiger partial charge in [0.2, 0.25) is 5.91 Å². The van der Waals surface area contributed by atoms with Crippen LogP contribution in [0.3, 0.4) is 0 Å². The van der Waals surface area contributed by atoms with E-state index in [-0.39, 0.29) is 24.2 Å². The minimum atomic E-state index is -0.423. The standard InChI is InChI=1S/C17H25N3O2S.ClH/c1-2-8-20-9-7-12-13(10-20)23-17(14(12)15(18)21)19-16(22)11-5-3-4-6-11;/h11H,2-10H2,1H3,(H2,18,21)(H,19,22);1H. The molecular formula is C17H26ClN3O2S. The Morgan fingerprint density at radius 1 is 1.33 bits per heavy atom. The third kappa shape index (κ3) is 3.92. The van der Waals surface area contributed by atoms with E-state index in [1.807, 2.05) is 0 Å². The molecule has 1 fully saturated rings. The fraction of sp³-hybridized carbons (Fsp3) is 0.647. The van der Waals surface area contributed by atoms with E-state index in [1.165, 1.54) is 16.2 Å². The molecule has 5 nitrogen and oxygen atoms in total. The number of nitrogens with one attached hydrogen (secondary N) is 1. The van der Waals surface area contributed by atoms with E-state index in [4.69, 9.17) is 5.73 Å². The maximum atomic E-state index is 12.4. The Labute approximate surface area is 153 Å². The first kappa shape index (κ1) is 19.2. The second-order valence-corrected chi connectivity index (χ2v) is 7.67. The number of primary amides is 1. The first-order chi connectivity index (χ1) is 11.1. The summed E-state index contributed by atoms with van der Waals surface area (Å²) in [5, 5.41) is 3.66. The van der Waals surface area contributed by atoms with E-state index < -0.39 is 5.91 Å². The summed E-state index contributed by atoms with van der Waals surface area (Å²) >= 11 is 1.53. The average molecular weight is 372 g/mol. The normalized spacial score (nSPS) is 18.0. The van der Waals surface area contributed by atoms with Crippen molar-refractivity contribution in [1.82, 2.24) is 4.90 Å². The number of halogens is 1. The molecule has 0 bridgehead atoms. The topological polar surface area (TPSA) is 75.4 Å². The van der Waals surface area contributed by atoms with Crippen molar-refractivity contribution in [3.63, 3.8) is 0 Å². The van der Waals surface area contributed by atoms with Gasteiger partial charge in [0, 0.05) is 23.9 Å². The number of rotatable bonds is 5. The molecule has 0 saturated heterocycles. The molecule has 0 unspecified atom stereocenters. The van der Waals surface area contributed by atoms with Crippen molar-refractivity contribution in [3.05, 3.63) is 16.0 Å².